The van der Waals surface area contributed by atoms with Gasteiger partial charge in [0.15, 0.2) is 11.5 Å². The summed E-state index contributed by atoms with van der Waals surface area (Å²) in [5.74, 6) is 0.961. The summed E-state index contributed by atoms with van der Waals surface area (Å²) >= 11 is 0. The SMILES string of the molecule is CCC(=O)C1C(=O)CCC1c1cc(OC)c(OC)c(OC)c1. The molecule has 0 bridgehead atoms. The molecule has 1 aliphatic carbocycles. The first-order chi connectivity index (χ1) is 10.6. The van der Waals surface area contributed by atoms with Gasteiger partial charge < -0.3 is 14.2 Å². The van der Waals surface area contributed by atoms with E-state index in [4.69, 9.17) is 14.2 Å². The Hall–Kier alpha value is -2.04. The summed E-state index contributed by atoms with van der Waals surface area (Å²) in [4.78, 5) is 24.2. The monoisotopic (exact) mass is 306 g/mol. The Bertz CT molecular complexity index is 553. The number of Topliss-reactive ketones (excluding diaryl/α,β-unsaturated/α-hetero) is 2. The second-order valence-corrected chi connectivity index (χ2v) is 5.37. The summed E-state index contributed by atoms with van der Waals surface area (Å²) in [6.45, 7) is 1.79. The molecule has 0 radical (unpaired) electrons. The number of ether oxygens (including phenoxy) is 3. The van der Waals surface area contributed by atoms with E-state index in [0.717, 1.165) is 5.56 Å². The maximum absolute atomic E-state index is 12.1. The van der Waals surface area contributed by atoms with Crippen LogP contribution in [-0.2, 0) is 9.59 Å². The summed E-state index contributed by atoms with van der Waals surface area (Å²) < 4.78 is 16.0. The Kier molecular flexibility index (Phi) is 5.06. The van der Waals surface area contributed by atoms with Gasteiger partial charge in [0.25, 0.3) is 0 Å². The zero-order valence-corrected chi connectivity index (χ0v) is 13.5. The van der Waals surface area contributed by atoms with Crippen LogP contribution < -0.4 is 14.2 Å². The van der Waals surface area contributed by atoms with E-state index in [1.807, 2.05) is 12.1 Å². The minimum absolute atomic E-state index is 0.00116. The first-order valence-corrected chi connectivity index (χ1v) is 7.42. The van der Waals surface area contributed by atoms with E-state index in [1.165, 1.54) is 0 Å². The molecule has 0 saturated heterocycles. The number of benzene rings is 1. The van der Waals surface area contributed by atoms with Crippen molar-refractivity contribution in [3.8, 4) is 17.2 Å². The van der Waals surface area contributed by atoms with Gasteiger partial charge in [-0.15, -0.1) is 0 Å². The molecule has 2 atom stereocenters. The van der Waals surface area contributed by atoms with Gasteiger partial charge in [-0.1, -0.05) is 6.92 Å². The normalized spacial score (nSPS) is 20.8. The number of methoxy groups -OCH3 is 3. The summed E-state index contributed by atoms with van der Waals surface area (Å²) in [5, 5.41) is 0. The molecule has 5 nitrogen and oxygen atoms in total. The van der Waals surface area contributed by atoms with Crippen LogP contribution in [0.25, 0.3) is 0 Å². The number of ketones is 2. The second-order valence-electron chi connectivity index (χ2n) is 5.37. The minimum atomic E-state index is -0.548. The molecule has 0 aromatic heterocycles. The molecule has 1 aliphatic rings. The first kappa shape index (κ1) is 16.3. The van der Waals surface area contributed by atoms with Gasteiger partial charge in [-0.25, -0.2) is 0 Å². The molecule has 0 heterocycles. The molecule has 0 N–H and O–H groups in total. The zero-order chi connectivity index (χ0) is 16.3. The molecule has 0 amide bonds. The van der Waals surface area contributed by atoms with Crippen molar-refractivity contribution in [2.75, 3.05) is 21.3 Å². The lowest BCUT2D eigenvalue weighted by Crippen LogP contribution is -2.23. The van der Waals surface area contributed by atoms with Crippen LogP contribution in [0.1, 0.15) is 37.7 Å². The number of rotatable bonds is 6. The first-order valence-electron chi connectivity index (χ1n) is 7.42. The Labute approximate surface area is 130 Å². The predicted octanol–water partition coefficient (Wildman–Crippen LogP) is 2.75. The molecule has 1 aromatic rings. The van der Waals surface area contributed by atoms with Gasteiger partial charge in [-0.05, 0) is 24.1 Å². The fraction of sp³-hybridized carbons (Fsp3) is 0.529. The van der Waals surface area contributed by atoms with Gasteiger partial charge in [0.05, 0.1) is 27.2 Å². The molecular weight excluding hydrogens is 284 g/mol. The van der Waals surface area contributed by atoms with Crippen LogP contribution in [0.2, 0.25) is 0 Å². The predicted molar refractivity (Wildman–Crippen MR) is 81.9 cm³/mol. The summed E-state index contributed by atoms with van der Waals surface area (Å²) in [6, 6.07) is 3.67. The highest BCUT2D eigenvalue weighted by molar-refractivity contribution is 6.04. The van der Waals surface area contributed by atoms with Crippen molar-refractivity contribution < 1.29 is 23.8 Å². The molecule has 5 heteroatoms. The third kappa shape index (κ3) is 2.80. The Balaban J connectivity index is 2.47. The molecular formula is C17H22O5. The smallest absolute Gasteiger partial charge is 0.203 e. The quantitative estimate of drug-likeness (QED) is 0.756. The van der Waals surface area contributed by atoms with E-state index in [1.54, 1.807) is 28.3 Å². The average molecular weight is 306 g/mol. The topological polar surface area (TPSA) is 61.8 Å². The molecule has 2 rings (SSSR count). The van der Waals surface area contributed by atoms with Crippen molar-refractivity contribution in [1.82, 2.24) is 0 Å². The number of hydrogen-bond acceptors (Lipinski definition) is 5. The standard InChI is InChI=1S/C17H22O5/c1-5-12(18)16-11(6-7-13(16)19)10-8-14(20-2)17(22-4)15(9-10)21-3/h8-9,11,16H,5-7H2,1-4H3. The minimum Gasteiger partial charge on any atom is -0.493 e. The molecule has 0 aliphatic heterocycles. The fourth-order valence-corrected chi connectivity index (χ4v) is 3.14. The Morgan fingerprint density at radius 2 is 1.73 bits per heavy atom. The van der Waals surface area contributed by atoms with Crippen LogP contribution in [0.5, 0.6) is 17.2 Å². The molecule has 1 saturated carbocycles. The highest BCUT2D eigenvalue weighted by Gasteiger charge is 2.40. The zero-order valence-electron chi connectivity index (χ0n) is 13.5. The van der Waals surface area contributed by atoms with Gasteiger partial charge in [0.1, 0.15) is 11.6 Å². The molecule has 1 fully saturated rings. The highest BCUT2D eigenvalue weighted by atomic mass is 16.5. The Morgan fingerprint density at radius 1 is 1.14 bits per heavy atom. The lowest BCUT2D eigenvalue weighted by molar-refractivity contribution is -0.131. The van der Waals surface area contributed by atoms with Crippen LogP contribution in [0.3, 0.4) is 0 Å². The highest BCUT2D eigenvalue weighted by Crippen LogP contribution is 2.45. The number of carbonyl (C=O) groups is 2. The van der Waals surface area contributed by atoms with Gasteiger partial charge in [0, 0.05) is 18.8 Å². The average Bonchev–Trinajstić information content (AvgIpc) is 2.94. The van der Waals surface area contributed by atoms with Crippen LogP contribution in [-0.4, -0.2) is 32.9 Å². The van der Waals surface area contributed by atoms with Gasteiger partial charge in [0.2, 0.25) is 5.75 Å². The van der Waals surface area contributed by atoms with E-state index >= 15 is 0 Å². The molecule has 22 heavy (non-hydrogen) atoms. The van der Waals surface area contributed by atoms with Crippen LogP contribution in [0.4, 0.5) is 0 Å². The number of carbonyl (C=O) groups excluding carboxylic acids is 2. The molecule has 120 valence electrons. The van der Waals surface area contributed by atoms with Crippen molar-refractivity contribution in [1.29, 1.82) is 0 Å². The van der Waals surface area contributed by atoms with Crippen molar-refractivity contribution in [2.24, 2.45) is 5.92 Å². The third-order valence-electron chi connectivity index (χ3n) is 4.26. The van der Waals surface area contributed by atoms with Crippen LogP contribution in [0, 0.1) is 5.92 Å². The summed E-state index contributed by atoms with van der Waals surface area (Å²) in [6.07, 6.45) is 1.49. The van der Waals surface area contributed by atoms with E-state index in [0.29, 0.717) is 36.5 Å². The van der Waals surface area contributed by atoms with E-state index in [9.17, 15) is 9.59 Å². The van der Waals surface area contributed by atoms with Crippen LogP contribution in [0.15, 0.2) is 12.1 Å². The summed E-state index contributed by atoms with van der Waals surface area (Å²) in [5.41, 5.74) is 0.882. The van der Waals surface area contributed by atoms with Gasteiger partial charge in [-0.3, -0.25) is 9.59 Å². The second kappa shape index (κ2) is 6.81. The maximum atomic E-state index is 12.1. The lowest BCUT2D eigenvalue weighted by Gasteiger charge is -2.20. The van der Waals surface area contributed by atoms with Crippen LogP contribution >= 0.6 is 0 Å². The maximum Gasteiger partial charge on any atom is 0.203 e. The molecule has 1 aromatic carbocycles. The fourth-order valence-electron chi connectivity index (χ4n) is 3.14. The summed E-state index contributed by atoms with van der Waals surface area (Å²) in [7, 11) is 4.65. The van der Waals surface area contributed by atoms with E-state index < -0.39 is 5.92 Å². The van der Waals surface area contributed by atoms with Crippen molar-refractivity contribution in [3.05, 3.63) is 17.7 Å². The Morgan fingerprint density at radius 3 is 2.18 bits per heavy atom. The van der Waals surface area contributed by atoms with Gasteiger partial charge in [-0.2, -0.15) is 0 Å². The van der Waals surface area contributed by atoms with E-state index in [2.05, 4.69) is 0 Å². The largest absolute Gasteiger partial charge is 0.493 e. The third-order valence-corrected chi connectivity index (χ3v) is 4.26. The molecule has 0 spiro atoms. The number of hydrogen-bond donors (Lipinski definition) is 0. The van der Waals surface area contributed by atoms with Crippen molar-refractivity contribution >= 4 is 11.6 Å². The van der Waals surface area contributed by atoms with Crippen molar-refractivity contribution in [2.45, 2.75) is 32.1 Å². The lowest BCUT2D eigenvalue weighted by atomic mass is 9.84. The van der Waals surface area contributed by atoms with Gasteiger partial charge >= 0.3 is 0 Å². The van der Waals surface area contributed by atoms with E-state index in [-0.39, 0.29) is 17.5 Å². The van der Waals surface area contributed by atoms with Crippen molar-refractivity contribution in [3.63, 3.8) is 0 Å². The molecule has 2 unspecified atom stereocenters.